The zero-order valence-electron chi connectivity index (χ0n) is 18.7. The highest BCUT2D eigenvalue weighted by Crippen LogP contribution is 2.27. The molecule has 0 spiro atoms. The van der Waals surface area contributed by atoms with Gasteiger partial charge in [0.05, 0.1) is 19.9 Å². The number of methoxy groups -OCH3 is 2. The summed E-state index contributed by atoms with van der Waals surface area (Å²) in [7, 11) is 3.29. The second kappa shape index (κ2) is 14.1. The van der Waals surface area contributed by atoms with Gasteiger partial charge in [0.1, 0.15) is 6.54 Å². The van der Waals surface area contributed by atoms with Crippen molar-refractivity contribution in [3.63, 3.8) is 0 Å². The van der Waals surface area contributed by atoms with E-state index in [4.69, 9.17) is 14.0 Å². The summed E-state index contributed by atoms with van der Waals surface area (Å²) in [6, 6.07) is 7.99. The van der Waals surface area contributed by atoms with Crippen LogP contribution in [-0.2, 0) is 13.0 Å². The van der Waals surface area contributed by atoms with Gasteiger partial charge in [-0.1, -0.05) is 25.1 Å². The molecule has 0 unspecified atom stereocenters. The first-order chi connectivity index (χ1) is 14.1. The van der Waals surface area contributed by atoms with Crippen LogP contribution in [-0.4, -0.2) is 38.4 Å². The number of nitrogens with one attached hydrogen (secondary N) is 2. The van der Waals surface area contributed by atoms with Crippen LogP contribution >= 0.6 is 24.0 Å². The number of nitrogens with zero attached hydrogens (tertiary/aromatic N) is 2. The van der Waals surface area contributed by atoms with Crippen LogP contribution in [0.15, 0.2) is 33.8 Å². The number of aromatic nitrogens is 1. The van der Waals surface area contributed by atoms with Gasteiger partial charge in [0.25, 0.3) is 0 Å². The topological polar surface area (TPSA) is 80.9 Å². The molecule has 7 nitrogen and oxygen atoms in total. The molecule has 0 saturated carbocycles. The first-order valence-electron chi connectivity index (χ1n) is 10.3. The highest BCUT2D eigenvalue weighted by molar-refractivity contribution is 14.0. The van der Waals surface area contributed by atoms with Crippen LogP contribution in [0.3, 0.4) is 0 Å². The fourth-order valence-electron chi connectivity index (χ4n) is 3.16. The van der Waals surface area contributed by atoms with E-state index in [-0.39, 0.29) is 24.0 Å². The van der Waals surface area contributed by atoms with Crippen molar-refractivity contribution in [3.8, 4) is 11.5 Å². The van der Waals surface area contributed by atoms with Crippen LogP contribution in [0, 0.1) is 0 Å². The molecule has 0 fully saturated rings. The SMILES string of the molecule is CCNC(=NCc1cc(C(CC)CC)no1)NCCc1ccc(OC)c(OC)c1.I. The van der Waals surface area contributed by atoms with E-state index in [1.165, 1.54) is 0 Å². The van der Waals surface area contributed by atoms with E-state index in [0.717, 1.165) is 66.8 Å². The summed E-state index contributed by atoms with van der Waals surface area (Å²) in [5, 5.41) is 10.8. The summed E-state index contributed by atoms with van der Waals surface area (Å²) in [6.07, 6.45) is 2.96. The molecule has 1 aromatic carbocycles. The molecule has 0 radical (unpaired) electrons. The molecule has 1 heterocycles. The average Bonchev–Trinajstić information content (AvgIpc) is 3.21. The first kappa shape index (κ1) is 26.1. The minimum Gasteiger partial charge on any atom is -0.493 e. The lowest BCUT2D eigenvalue weighted by atomic mass is 9.99. The average molecular weight is 530 g/mol. The van der Waals surface area contributed by atoms with Crippen LogP contribution in [0.25, 0.3) is 0 Å². The van der Waals surface area contributed by atoms with Crippen LogP contribution in [0.4, 0.5) is 0 Å². The lowest BCUT2D eigenvalue weighted by Gasteiger charge is -2.12. The summed E-state index contributed by atoms with van der Waals surface area (Å²) < 4.78 is 16.1. The zero-order valence-corrected chi connectivity index (χ0v) is 21.0. The molecule has 8 heteroatoms. The third kappa shape index (κ3) is 7.70. The van der Waals surface area contributed by atoms with Crippen molar-refractivity contribution in [3.05, 3.63) is 41.3 Å². The summed E-state index contributed by atoms with van der Waals surface area (Å²) in [6.45, 7) is 8.39. The van der Waals surface area contributed by atoms with Crippen molar-refractivity contribution >= 4 is 29.9 Å². The van der Waals surface area contributed by atoms with E-state index >= 15 is 0 Å². The molecule has 30 heavy (non-hydrogen) atoms. The second-order valence-electron chi connectivity index (χ2n) is 6.79. The molecule has 0 saturated heterocycles. The smallest absolute Gasteiger partial charge is 0.191 e. The van der Waals surface area contributed by atoms with Crippen LogP contribution in [0.2, 0.25) is 0 Å². The summed E-state index contributed by atoms with van der Waals surface area (Å²) in [4.78, 5) is 4.62. The predicted octanol–water partition coefficient (Wildman–Crippen LogP) is 4.51. The Hall–Kier alpha value is -1.97. The normalized spacial score (nSPS) is 11.2. The molecule has 0 aliphatic heterocycles. The lowest BCUT2D eigenvalue weighted by molar-refractivity contribution is 0.354. The molecule has 0 aliphatic rings. The minimum absolute atomic E-state index is 0. The Labute approximate surface area is 197 Å². The second-order valence-corrected chi connectivity index (χ2v) is 6.79. The maximum atomic E-state index is 5.46. The van der Waals surface area contributed by atoms with Gasteiger partial charge in [-0.05, 0) is 43.9 Å². The molecule has 0 aliphatic carbocycles. The van der Waals surface area contributed by atoms with Gasteiger partial charge >= 0.3 is 0 Å². The van der Waals surface area contributed by atoms with Gasteiger partial charge in [-0.25, -0.2) is 4.99 Å². The van der Waals surface area contributed by atoms with E-state index in [1.807, 2.05) is 31.2 Å². The molecule has 0 amide bonds. The van der Waals surface area contributed by atoms with E-state index in [0.29, 0.717) is 12.5 Å². The number of guanidine groups is 1. The van der Waals surface area contributed by atoms with Gasteiger partial charge in [-0.15, -0.1) is 24.0 Å². The fraction of sp³-hybridized carbons (Fsp3) is 0.545. The number of ether oxygens (including phenoxy) is 2. The number of hydrogen-bond donors (Lipinski definition) is 2. The molecule has 0 atom stereocenters. The molecule has 2 rings (SSSR count). The molecule has 1 aromatic heterocycles. The Balaban J connectivity index is 0.00000450. The van der Waals surface area contributed by atoms with Gasteiger partial charge in [0.2, 0.25) is 0 Å². The summed E-state index contributed by atoms with van der Waals surface area (Å²) in [5.41, 5.74) is 2.18. The number of rotatable bonds is 11. The van der Waals surface area contributed by atoms with E-state index < -0.39 is 0 Å². The predicted molar refractivity (Wildman–Crippen MR) is 131 cm³/mol. The lowest BCUT2D eigenvalue weighted by Crippen LogP contribution is -2.38. The number of aliphatic imine (C=N–C) groups is 1. The summed E-state index contributed by atoms with van der Waals surface area (Å²) in [5.74, 6) is 3.46. The molecule has 168 valence electrons. The van der Waals surface area contributed by atoms with Gasteiger partial charge in [0, 0.05) is 25.1 Å². The summed E-state index contributed by atoms with van der Waals surface area (Å²) >= 11 is 0. The Bertz CT molecular complexity index is 775. The van der Waals surface area contributed by atoms with Crippen molar-refractivity contribution in [1.82, 2.24) is 15.8 Å². The highest BCUT2D eigenvalue weighted by atomic mass is 127. The van der Waals surface area contributed by atoms with Crippen molar-refractivity contribution in [2.75, 3.05) is 27.3 Å². The number of halogens is 1. The van der Waals surface area contributed by atoms with Gasteiger partial charge in [-0.3, -0.25) is 0 Å². The quantitative estimate of drug-likeness (QED) is 0.253. The van der Waals surface area contributed by atoms with E-state index in [9.17, 15) is 0 Å². The van der Waals surface area contributed by atoms with E-state index in [2.05, 4.69) is 34.6 Å². The van der Waals surface area contributed by atoms with Crippen molar-refractivity contribution in [2.45, 2.75) is 52.5 Å². The fourth-order valence-corrected chi connectivity index (χ4v) is 3.16. The largest absolute Gasteiger partial charge is 0.493 e. The van der Waals surface area contributed by atoms with Crippen molar-refractivity contribution in [1.29, 1.82) is 0 Å². The van der Waals surface area contributed by atoms with Crippen LogP contribution in [0.1, 0.15) is 56.5 Å². The minimum atomic E-state index is 0. The third-order valence-corrected chi connectivity index (χ3v) is 4.87. The number of benzene rings is 1. The molecule has 0 bridgehead atoms. The first-order valence-corrected chi connectivity index (χ1v) is 10.3. The van der Waals surface area contributed by atoms with Crippen LogP contribution in [0.5, 0.6) is 11.5 Å². The van der Waals surface area contributed by atoms with Crippen molar-refractivity contribution < 1.29 is 14.0 Å². The Morgan fingerprint density at radius 1 is 1.07 bits per heavy atom. The Morgan fingerprint density at radius 3 is 2.43 bits per heavy atom. The van der Waals surface area contributed by atoms with Gasteiger partial charge in [-0.2, -0.15) is 0 Å². The third-order valence-electron chi connectivity index (χ3n) is 4.87. The standard InChI is InChI=1S/C22H34N4O3.HI/c1-6-17(7-2)19-14-18(29-26-19)15-25-22(23-8-3)24-12-11-16-9-10-20(27-4)21(13-16)28-5;/h9-10,13-14,17H,6-8,11-12,15H2,1-5H3,(H2,23,24,25);1H. The maximum Gasteiger partial charge on any atom is 0.191 e. The van der Waals surface area contributed by atoms with E-state index in [1.54, 1.807) is 14.2 Å². The van der Waals surface area contributed by atoms with Crippen molar-refractivity contribution in [2.24, 2.45) is 4.99 Å². The maximum absolute atomic E-state index is 5.46. The highest BCUT2D eigenvalue weighted by Gasteiger charge is 2.13. The Morgan fingerprint density at radius 2 is 1.80 bits per heavy atom. The van der Waals surface area contributed by atoms with Gasteiger partial charge in [0.15, 0.2) is 23.2 Å². The van der Waals surface area contributed by atoms with Crippen LogP contribution < -0.4 is 20.1 Å². The molecular weight excluding hydrogens is 495 g/mol. The number of hydrogen-bond acceptors (Lipinski definition) is 5. The monoisotopic (exact) mass is 530 g/mol. The van der Waals surface area contributed by atoms with Gasteiger partial charge < -0.3 is 24.6 Å². The Kier molecular flexibility index (Phi) is 12.3. The molecule has 2 N–H and O–H groups in total. The molecular formula is C22H35IN4O3. The zero-order chi connectivity index (χ0) is 21.1. The molecule has 2 aromatic rings.